The Bertz CT molecular complexity index is 480. The summed E-state index contributed by atoms with van der Waals surface area (Å²) in [7, 11) is 1.77. The molecule has 0 saturated heterocycles. The molecule has 1 aromatic carbocycles. The maximum atomic E-state index is 11.8. The van der Waals surface area contributed by atoms with Gasteiger partial charge in [-0.15, -0.1) is 11.8 Å². The van der Waals surface area contributed by atoms with Crippen molar-refractivity contribution in [2.45, 2.75) is 31.2 Å². The van der Waals surface area contributed by atoms with Crippen LogP contribution in [0.15, 0.2) is 35.2 Å². The molecule has 6 heteroatoms. The second-order valence-electron chi connectivity index (χ2n) is 5.76. The molecule has 5 nitrogen and oxygen atoms in total. The van der Waals surface area contributed by atoms with Crippen LogP contribution in [0.25, 0.3) is 0 Å². The van der Waals surface area contributed by atoms with E-state index in [2.05, 4.69) is 22.8 Å². The van der Waals surface area contributed by atoms with Crippen molar-refractivity contribution in [3.63, 3.8) is 0 Å². The molecule has 23 heavy (non-hydrogen) atoms. The Kier molecular flexibility index (Phi) is 9.40. The van der Waals surface area contributed by atoms with Crippen LogP contribution >= 0.6 is 11.8 Å². The predicted octanol–water partition coefficient (Wildman–Crippen LogP) is 1.74. The minimum atomic E-state index is -0.0606. The molecule has 0 aliphatic rings. The number of amides is 2. The first-order valence-corrected chi connectivity index (χ1v) is 8.88. The topological polar surface area (TPSA) is 61.4 Å². The molecule has 2 N–H and O–H groups in total. The molecule has 1 aromatic rings. The molecule has 0 fully saturated rings. The van der Waals surface area contributed by atoms with Gasteiger partial charge in [0, 0.05) is 17.5 Å². The molecule has 0 radical (unpaired) electrons. The molecule has 0 aliphatic carbocycles. The van der Waals surface area contributed by atoms with E-state index < -0.39 is 0 Å². The van der Waals surface area contributed by atoms with Gasteiger partial charge >= 0.3 is 0 Å². The number of thioether (sulfide) groups is 1. The van der Waals surface area contributed by atoms with Crippen LogP contribution in [0.5, 0.6) is 0 Å². The molecular weight excluding hydrogens is 310 g/mol. The molecule has 128 valence electrons. The van der Waals surface area contributed by atoms with E-state index in [9.17, 15) is 9.59 Å². The average Bonchev–Trinajstić information content (AvgIpc) is 2.46. The fourth-order valence-electron chi connectivity index (χ4n) is 1.98. The van der Waals surface area contributed by atoms with E-state index in [-0.39, 0.29) is 30.9 Å². The van der Waals surface area contributed by atoms with Crippen molar-refractivity contribution < 1.29 is 9.59 Å². The minimum Gasteiger partial charge on any atom is -0.355 e. The van der Waals surface area contributed by atoms with Crippen LogP contribution in [0.3, 0.4) is 0 Å². The molecule has 0 aromatic heterocycles. The van der Waals surface area contributed by atoms with E-state index in [1.54, 1.807) is 23.7 Å². The normalized spacial score (nSPS) is 10.8. The molecular formula is C17H27N3O2S. The van der Waals surface area contributed by atoms with Crippen LogP contribution in [-0.4, -0.2) is 55.2 Å². The van der Waals surface area contributed by atoms with E-state index in [1.807, 2.05) is 32.0 Å². The highest BCUT2D eigenvalue weighted by molar-refractivity contribution is 7.99. The Morgan fingerprint density at radius 2 is 1.78 bits per heavy atom. The summed E-state index contributed by atoms with van der Waals surface area (Å²) in [4.78, 5) is 26.4. The lowest BCUT2D eigenvalue weighted by Gasteiger charge is -2.17. The Morgan fingerprint density at radius 3 is 2.43 bits per heavy atom. The van der Waals surface area contributed by atoms with Crippen LogP contribution in [0.4, 0.5) is 0 Å². The third-order valence-corrected chi connectivity index (χ3v) is 4.03. The highest BCUT2D eigenvalue weighted by Crippen LogP contribution is 2.17. The summed E-state index contributed by atoms with van der Waals surface area (Å²) in [6.45, 7) is 4.95. The molecule has 2 amide bonds. The molecule has 0 bridgehead atoms. The zero-order chi connectivity index (χ0) is 17.1. The van der Waals surface area contributed by atoms with Gasteiger partial charge in [-0.3, -0.25) is 14.5 Å². The summed E-state index contributed by atoms with van der Waals surface area (Å²) in [5.41, 5.74) is 0. The minimum absolute atomic E-state index is 0.0467. The van der Waals surface area contributed by atoms with Crippen molar-refractivity contribution in [3.8, 4) is 0 Å². The summed E-state index contributed by atoms with van der Waals surface area (Å²) >= 11 is 1.79. The van der Waals surface area contributed by atoms with Gasteiger partial charge in [-0.1, -0.05) is 18.2 Å². The quantitative estimate of drug-likeness (QED) is 0.504. The largest absolute Gasteiger partial charge is 0.355 e. The van der Waals surface area contributed by atoms with Gasteiger partial charge in [0.1, 0.15) is 0 Å². The second kappa shape index (κ2) is 11.1. The zero-order valence-electron chi connectivity index (χ0n) is 14.2. The lowest BCUT2D eigenvalue weighted by Crippen LogP contribution is -2.42. The van der Waals surface area contributed by atoms with Crippen molar-refractivity contribution in [2.24, 2.45) is 0 Å². The average molecular weight is 337 g/mol. The Labute approximate surface area is 143 Å². The van der Waals surface area contributed by atoms with E-state index in [0.717, 1.165) is 12.2 Å². The van der Waals surface area contributed by atoms with Crippen molar-refractivity contribution >= 4 is 23.6 Å². The fourth-order valence-corrected chi connectivity index (χ4v) is 2.85. The first kappa shape index (κ1) is 19.5. The lowest BCUT2D eigenvalue weighted by molar-refractivity contribution is -0.124. The van der Waals surface area contributed by atoms with E-state index in [1.165, 1.54) is 4.90 Å². The van der Waals surface area contributed by atoms with Gasteiger partial charge in [0.15, 0.2) is 0 Å². The summed E-state index contributed by atoms with van der Waals surface area (Å²) in [5, 5.41) is 5.70. The molecule has 0 atom stereocenters. The SMILES string of the molecule is CC(C)NC(=O)CN(C)CC(=O)NCCCSc1ccccc1. The molecule has 0 aliphatic heterocycles. The second-order valence-corrected chi connectivity index (χ2v) is 6.93. The first-order chi connectivity index (χ1) is 11.0. The summed E-state index contributed by atoms with van der Waals surface area (Å²) in [6, 6.07) is 10.3. The van der Waals surface area contributed by atoms with Crippen molar-refractivity contribution in [3.05, 3.63) is 30.3 Å². The molecule has 1 rings (SSSR count). The van der Waals surface area contributed by atoms with Gasteiger partial charge in [0.05, 0.1) is 13.1 Å². The van der Waals surface area contributed by atoms with E-state index >= 15 is 0 Å². The van der Waals surface area contributed by atoms with Gasteiger partial charge < -0.3 is 10.6 Å². The third kappa shape index (κ3) is 9.97. The van der Waals surface area contributed by atoms with Crippen molar-refractivity contribution in [1.82, 2.24) is 15.5 Å². The highest BCUT2D eigenvalue weighted by Gasteiger charge is 2.10. The Balaban J connectivity index is 2.08. The third-order valence-electron chi connectivity index (χ3n) is 2.93. The molecule has 0 saturated carbocycles. The lowest BCUT2D eigenvalue weighted by atomic mass is 10.3. The number of benzene rings is 1. The summed E-state index contributed by atoms with van der Waals surface area (Å²) in [6.07, 6.45) is 0.919. The fraction of sp³-hybridized carbons (Fsp3) is 0.529. The smallest absolute Gasteiger partial charge is 0.234 e. The van der Waals surface area contributed by atoms with Gasteiger partial charge in [-0.05, 0) is 45.2 Å². The monoisotopic (exact) mass is 337 g/mol. The standard InChI is InChI=1S/C17H27N3O2S/c1-14(2)19-17(22)13-20(3)12-16(21)18-10-7-11-23-15-8-5-4-6-9-15/h4-6,8-9,14H,7,10-13H2,1-3H3,(H,18,21)(H,19,22). The van der Waals surface area contributed by atoms with Crippen molar-refractivity contribution in [2.75, 3.05) is 32.4 Å². The number of carbonyl (C=O) groups is 2. The molecule has 0 heterocycles. The number of hydrogen-bond acceptors (Lipinski definition) is 4. The number of nitrogens with one attached hydrogen (secondary N) is 2. The number of likely N-dealkylation sites (N-methyl/N-ethyl adjacent to an activating group) is 1. The Hall–Kier alpha value is -1.53. The summed E-state index contributed by atoms with van der Waals surface area (Å²) in [5.74, 6) is 0.862. The number of carbonyl (C=O) groups excluding carboxylic acids is 2. The van der Waals surface area contributed by atoms with Gasteiger partial charge in [-0.2, -0.15) is 0 Å². The van der Waals surface area contributed by atoms with Gasteiger partial charge in [0.2, 0.25) is 11.8 Å². The van der Waals surface area contributed by atoms with Crippen LogP contribution in [0.1, 0.15) is 20.3 Å². The summed E-state index contributed by atoms with van der Waals surface area (Å²) < 4.78 is 0. The van der Waals surface area contributed by atoms with Crippen LogP contribution in [0.2, 0.25) is 0 Å². The zero-order valence-corrected chi connectivity index (χ0v) is 15.0. The molecule has 0 spiro atoms. The van der Waals surface area contributed by atoms with Crippen LogP contribution in [-0.2, 0) is 9.59 Å². The maximum absolute atomic E-state index is 11.8. The Morgan fingerprint density at radius 1 is 1.13 bits per heavy atom. The maximum Gasteiger partial charge on any atom is 0.234 e. The number of hydrogen-bond donors (Lipinski definition) is 2. The highest BCUT2D eigenvalue weighted by atomic mass is 32.2. The number of nitrogens with zero attached hydrogens (tertiary/aromatic N) is 1. The van der Waals surface area contributed by atoms with Gasteiger partial charge in [-0.25, -0.2) is 0 Å². The van der Waals surface area contributed by atoms with E-state index in [0.29, 0.717) is 6.54 Å². The van der Waals surface area contributed by atoms with Crippen molar-refractivity contribution in [1.29, 1.82) is 0 Å². The van der Waals surface area contributed by atoms with Gasteiger partial charge in [0.25, 0.3) is 0 Å². The predicted molar refractivity (Wildman–Crippen MR) is 95.6 cm³/mol. The molecule has 0 unspecified atom stereocenters. The first-order valence-electron chi connectivity index (χ1n) is 7.90. The number of rotatable bonds is 10. The van der Waals surface area contributed by atoms with Crippen LogP contribution in [0, 0.1) is 0 Å². The van der Waals surface area contributed by atoms with Crippen LogP contribution < -0.4 is 10.6 Å². The van der Waals surface area contributed by atoms with E-state index in [4.69, 9.17) is 0 Å².